The third-order valence-corrected chi connectivity index (χ3v) is 4.08. The fraction of sp³-hybridized carbons (Fsp3) is 0.333. The highest BCUT2D eigenvalue weighted by atomic mass is 16.5. The maximum Gasteiger partial charge on any atom is 0.258 e. The molecule has 0 fully saturated rings. The van der Waals surface area contributed by atoms with E-state index in [-0.39, 0.29) is 5.56 Å². The second-order valence-electron chi connectivity index (χ2n) is 5.89. The van der Waals surface area contributed by atoms with Gasteiger partial charge in [0.25, 0.3) is 11.8 Å². The summed E-state index contributed by atoms with van der Waals surface area (Å²) in [5.74, 6) is -1.47. The lowest BCUT2D eigenvalue weighted by Gasteiger charge is -2.24. The largest absolute Gasteiger partial charge is 0.496 e. The molecule has 2 aromatic rings. The van der Waals surface area contributed by atoms with Crippen molar-refractivity contribution in [2.24, 2.45) is 0 Å². The predicted octanol–water partition coefficient (Wildman–Crippen LogP) is -1.46. The molecule has 0 unspecified atom stereocenters. The number of ether oxygens (including phenoxy) is 1. The molecular formula is C18H21NO8. The lowest BCUT2D eigenvalue weighted by atomic mass is 10.0. The van der Waals surface area contributed by atoms with Gasteiger partial charge in [0.15, 0.2) is 6.10 Å². The van der Waals surface area contributed by atoms with Crippen LogP contribution >= 0.6 is 0 Å². The maximum absolute atomic E-state index is 12.2. The molecule has 2 amide bonds. The Morgan fingerprint density at radius 1 is 1.07 bits per heavy atom. The molecule has 4 atom stereocenters. The highest BCUT2D eigenvalue weighted by Crippen LogP contribution is 2.26. The van der Waals surface area contributed by atoms with Crippen LogP contribution in [0.4, 0.5) is 0 Å². The van der Waals surface area contributed by atoms with Crippen LogP contribution in [-0.2, 0) is 4.79 Å². The summed E-state index contributed by atoms with van der Waals surface area (Å²) in [6, 6.07) is 9.87. The van der Waals surface area contributed by atoms with Gasteiger partial charge in [-0.2, -0.15) is 0 Å². The first-order valence-corrected chi connectivity index (χ1v) is 8.05. The van der Waals surface area contributed by atoms with Crippen molar-refractivity contribution in [1.29, 1.82) is 0 Å². The standard InChI is InChI=1S/C18H21NO8/c1-27-13-4-2-3-9-7-10(5-6-11(9)13)17(25)19-18(26)16(24)15(23)14(22)12(21)8-20/h2-7,12,14-16,20-24H,8H2,1H3,(H,19,25,26)/t12-,14-,15+,16-/m1/s1. The molecular weight excluding hydrogens is 358 g/mol. The Hall–Kier alpha value is -2.56. The second-order valence-corrected chi connectivity index (χ2v) is 5.89. The first-order chi connectivity index (χ1) is 12.8. The number of benzene rings is 2. The van der Waals surface area contributed by atoms with E-state index in [0.29, 0.717) is 11.1 Å². The van der Waals surface area contributed by atoms with Gasteiger partial charge in [-0.25, -0.2) is 0 Å². The van der Waals surface area contributed by atoms with Crippen LogP contribution in [0.5, 0.6) is 5.75 Å². The Morgan fingerprint density at radius 2 is 1.78 bits per heavy atom. The van der Waals surface area contributed by atoms with Crippen molar-refractivity contribution < 1.29 is 39.9 Å². The molecule has 0 aliphatic carbocycles. The molecule has 0 heterocycles. The summed E-state index contributed by atoms with van der Waals surface area (Å²) in [6.45, 7) is -0.883. The Kier molecular flexibility index (Phi) is 6.83. The number of amides is 2. The highest BCUT2D eigenvalue weighted by molar-refractivity contribution is 6.07. The van der Waals surface area contributed by atoms with E-state index in [1.807, 2.05) is 5.32 Å². The summed E-state index contributed by atoms with van der Waals surface area (Å²) in [5.41, 5.74) is 0.127. The number of aliphatic hydroxyl groups excluding tert-OH is 5. The van der Waals surface area contributed by atoms with E-state index in [0.717, 1.165) is 5.39 Å². The molecule has 0 bridgehead atoms. The van der Waals surface area contributed by atoms with Gasteiger partial charge in [0.1, 0.15) is 24.1 Å². The molecule has 0 radical (unpaired) electrons. The van der Waals surface area contributed by atoms with Gasteiger partial charge < -0.3 is 30.3 Å². The van der Waals surface area contributed by atoms with Crippen molar-refractivity contribution in [2.45, 2.75) is 24.4 Å². The van der Waals surface area contributed by atoms with Crippen LogP contribution in [0.1, 0.15) is 10.4 Å². The number of carbonyl (C=O) groups excluding carboxylic acids is 2. The van der Waals surface area contributed by atoms with Gasteiger partial charge in [0.05, 0.1) is 13.7 Å². The lowest BCUT2D eigenvalue weighted by Crippen LogP contribution is -2.52. The zero-order chi connectivity index (χ0) is 20.1. The van der Waals surface area contributed by atoms with Gasteiger partial charge in [0.2, 0.25) is 0 Å². The van der Waals surface area contributed by atoms with Crippen molar-refractivity contribution in [3.05, 3.63) is 42.0 Å². The molecule has 2 rings (SSSR count). The first-order valence-electron chi connectivity index (χ1n) is 8.05. The average molecular weight is 379 g/mol. The molecule has 0 aromatic heterocycles. The zero-order valence-corrected chi connectivity index (χ0v) is 14.4. The number of nitrogens with one attached hydrogen (secondary N) is 1. The monoisotopic (exact) mass is 379 g/mol. The number of carbonyl (C=O) groups is 2. The van der Waals surface area contributed by atoms with Crippen LogP contribution < -0.4 is 10.1 Å². The first kappa shape index (κ1) is 20.7. The Morgan fingerprint density at radius 3 is 2.41 bits per heavy atom. The summed E-state index contributed by atoms with van der Waals surface area (Å²) >= 11 is 0. The van der Waals surface area contributed by atoms with Gasteiger partial charge in [-0.15, -0.1) is 0 Å². The zero-order valence-electron chi connectivity index (χ0n) is 14.4. The lowest BCUT2D eigenvalue weighted by molar-refractivity contribution is -0.148. The second kappa shape index (κ2) is 8.89. The van der Waals surface area contributed by atoms with Crippen LogP contribution in [0, 0.1) is 0 Å². The van der Waals surface area contributed by atoms with Crippen LogP contribution in [-0.4, -0.2) is 75.5 Å². The van der Waals surface area contributed by atoms with E-state index in [2.05, 4.69) is 0 Å². The molecule has 0 aliphatic heterocycles. The minimum atomic E-state index is -2.19. The SMILES string of the molecule is COc1cccc2cc(C(=O)NC(=O)[C@H](O)[C@@H](O)[C@H](O)[C@H](O)CO)ccc12. The number of imide groups is 1. The van der Waals surface area contributed by atoms with Gasteiger partial charge in [0, 0.05) is 10.9 Å². The number of methoxy groups -OCH3 is 1. The summed E-state index contributed by atoms with van der Waals surface area (Å²) in [7, 11) is 1.52. The minimum absolute atomic E-state index is 0.127. The van der Waals surface area contributed by atoms with Crippen molar-refractivity contribution in [3.63, 3.8) is 0 Å². The molecule has 9 heteroatoms. The summed E-state index contributed by atoms with van der Waals surface area (Å²) in [6.07, 6.45) is -8.01. The number of hydrogen-bond acceptors (Lipinski definition) is 8. The van der Waals surface area contributed by atoms with Crippen LogP contribution in [0.2, 0.25) is 0 Å². The van der Waals surface area contributed by atoms with Crippen molar-refractivity contribution >= 4 is 22.6 Å². The third kappa shape index (κ3) is 4.59. The summed E-state index contributed by atoms with van der Waals surface area (Å²) in [5, 5.41) is 50.3. The number of rotatable bonds is 7. The Labute approximate surface area is 154 Å². The number of hydrogen-bond donors (Lipinski definition) is 6. The van der Waals surface area contributed by atoms with E-state index in [1.54, 1.807) is 24.3 Å². The maximum atomic E-state index is 12.2. The van der Waals surface area contributed by atoms with E-state index in [1.165, 1.54) is 19.2 Å². The third-order valence-electron chi connectivity index (χ3n) is 4.08. The average Bonchev–Trinajstić information content (AvgIpc) is 2.70. The van der Waals surface area contributed by atoms with Gasteiger partial charge >= 0.3 is 0 Å². The fourth-order valence-corrected chi connectivity index (χ4v) is 2.51. The predicted molar refractivity (Wildman–Crippen MR) is 94.1 cm³/mol. The molecule has 27 heavy (non-hydrogen) atoms. The van der Waals surface area contributed by atoms with Crippen molar-refractivity contribution in [1.82, 2.24) is 5.32 Å². The quantitative estimate of drug-likeness (QED) is 0.341. The smallest absolute Gasteiger partial charge is 0.258 e. The van der Waals surface area contributed by atoms with E-state index in [9.17, 15) is 30.0 Å². The summed E-state index contributed by atoms with van der Waals surface area (Å²) < 4.78 is 5.22. The van der Waals surface area contributed by atoms with Crippen LogP contribution in [0.15, 0.2) is 36.4 Å². The Balaban J connectivity index is 2.12. The van der Waals surface area contributed by atoms with Crippen molar-refractivity contribution in [2.75, 3.05) is 13.7 Å². The van der Waals surface area contributed by atoms with E-state index < -0.39 is 42.8 Å². The van der Waals surface area contributed by atoms with Gasteiger partial charge in [-0.05, 0) is 29.7 Å². The van der Waals surface area contributed by atoms with Gasteiger partial charge in [-0.1, -0.05) is 12.1 Å². The molecule has 146 valence electrons. The number of fused-ring (bicyclic) bond motifs is 1. The molecule has 9 nitrogen and oxygen atoms in total. The van der Waals surface area contributed by atoms with Gasteiger partial charge in [-0.3, -0.25) is 14.9 Å². The minimum Gasteiger partial charge on any atom is -0.496 e. The highest BCUT2D eigenvalue weighted by Gasteiger charge is 2.34. The molecule has 0 aliphatic rings. The molecule has 2 aromatic carbocycles. The molecule has 6 N–H and O–H groups in total. The van der Waals surface area contributed by atoms with Crippen LogP contribution in [0.3, 0.4) is 0 Å². The fourth-order valence-electron chi connectivity index (χ4n) is 2.51. The van der Waals surface area contributed by atoms with E-state index in [4.69, 9.17) is 9.84 Å². The van der Waals surface area contributed by atoms with E-state index >= 15 is 0 Å². The number of aliphatic hydroxyl groups is 5. The summed E-state index contributed by atoms with van der Waals surface area (Å²) in [4.78, 5) is 24.2. The van der Waals surface area contributed by atoms with Crippen molar-refractivity contribution in [3.8, 4) is 5.75 Å². The Bertz CT molecular complexity index is 824. The molecule has 0 spiro atoms. The van der Waals surface area contributed by atoms with Crippen LogP contribution in [0.25, 0.3) is 10.8 Å². The topological polar surface area (TPSA) is 157 Å². The normalized spacial score (nSPS) is 15.6. The molecule has 0 saturated heterocycles. The molecule has 0 saturated carbocycles.